The first-order valence-electron chi connectivity index (χ1n) is 24.2. The molecule has 0 aliphatic heterocycles. The number of aromatic nitrogens is 6. The van der Waals surface area contributed by atoms with Crippen LogP contribution in [0.3, 0.4) is 0 Å². The molecule has 0 amide bonds. The number of oxazole rings is 2. The summed E-state index contributed by atoms with van der Waals surface area (Å²) in [5, 5.41) is 2.46. The molecular formula is C65H40N6O2. The van der Waals surface area contributed by atoms with Crippen molar-refractivity contribution < 1.29 is 8.83 Å². The average Bonchev–Trinajstić information content (AvgIpc) is 4.20. The van der Waals surface area contributed by atoms with Crippen molar-refractivity contribution in [3.05, 3.63) is 243 Å². The smallest absolute Gasteiger partial charge is 0.227 e. The van der Waals surface area contributed by atoms with Gasteiger partial charge in [-0.2, -0.15) is 0 Å². The van der Waals surface area contributed by atoms with Gasteiger partial charge in [-0.3, -0.25) is 0 Å². The van der Waals surface area contributed by atoms with E-state index in [9.17, 15) is 0 Å². The van der Waals surface area contributed by atoms with Gasteiger partial charge in [0.15, 0.2) is 28.6 Å². The quantitative estimate of drug-likeness (QED) is 0.142. The molecule has 0 N–H and O–H groups in total. The van der Waals surface area contributed by atoms with Gasteiger partial charge in [0.1, 0.15) is 11.0 Å². The molecule has 0 aliphatic carbocycles. The molecule has 342 valence electrons. The fourth-order valence-corrected chi connectivity index (χ4v) is 9.87. The third kappa shape index (κ3) is 7.71. The van der Waals surface area contributed by atoms with Crippen LogP contribution in [0.4, 0.5) is 0 Å². The lowest BCUT2D eigenvalue weighted by Crippen LogP contribution is -2.00. The van der Waals surface area contributed by atoms with Crippen molar-refractivity contribution in [2.24, 2.45) is 0 Å². The van der Waals surface area contributed by atoms with E-state index in [4.69, 9.17) is 33.8 Å². The summed E-state index contributed by atoms with van der Waals surface area (Å²) in [6, 6.07) is 83.3. The summed E-state index contributed by atoms with van der Waals surface area (Å²) in [5.74, 6) is 2.91. The summed E-state index contributed by atoms with van der Waals surface area (Å²) in [4.78, 5) is 25.0. The molecule has 4 heterocycles. The standard InChI is InChI=1S/C65H40N6O2/c1-3-13-45(14-4-1)64-66-55-35-33-49(39-59(55)72-64)41-25-29-43(30-26-41)61-68-62(44-31-27-42(28-32-44)50-34-36-56-60(40-50)73-65(67-56)46-15-5-2-6-16-46)70-63(69-61)51-19-11-17-47(37-51)48-18-12-20-52(38-48)71-57-23-9-7-21-53(57)54-22-8-10-24-58(54)71/h1-40H. The molecule has 0 atom stereocenters. The SMILES string of the molecule is c1ccc(-c2nc3ccc(-c4ccc(-c5nc(-c6ccc(-c7ccc8nc(-c9ccccc9)oc8c7)cc6)nc(-c6cccc(-c7cccc(-n8c9ccccc9c9ccccc98)c7)c6)n5)cc4)cc3o2)cc1. The van der Waals surface area contributed by atoms with Crippen LogP contribution in [0.1, 0.15) is 0 Å². The van der Waals surface area contributed by atoms with E-state index in [-0.39, 0.29) is 0 Å². The van der Waals surface area contributed by atoms with Crippen molar-refractivity contribution in [1.82, 2.24) is 29.5 Å². The number of benzene rings is 10. The second kappa shape index (κ2) is 17.4. The van der Waals surface area contributed by atoms with Gasteiger partial charge in [-0.25, -0.2) is 24.9 Å². The molecule has 0 bridgehead atoms. The van der Waals surface area contributed by atoms with E-state index in [0.717, 1.165) is 89.1 Å². The third-order valence-corrected chi connectivity index (χ3v) is 13.5. The van der Waals surface area contributed by atoms with Crippen LogP contribution in [-0.4, -0.2) is 29.5 Å². The second-order valence-corrected chi connectivity index (χ2v) is 18.1. The van der Waals surface area contributed by atoms with Crippen LogP contribution in [0, 0.1) is 0 Å². The van der Waals surface area contributed by atoms with Gasteiger partial charge in [-0.1, -0.05) is 164 Å². The van der Waals surface area contributed by atoms with Crippen molar-refractivity contribution in [3.8, 4) is 96.1 Å². The molecule has 0 saturated heterocycles. The molecule has 73 heavy (non-hydrogen) atoms. The zero-order valence-electron chi connectivity index (χ0n) is 39.1. The lowest BCUT2D eigenvalue weighted by molar-refractivity contribution is 0.619. The van der Waals surface area contributed by atoms with Crippen LogP contribution in [0.2, 0.25) is 0 Å². The Hall–Kier alpha value is -10.1. The summed E-state index contributed by atoms with van der Waals surface area (Å²) < 4.78 is 14.8. The first-order chi connectivity index (χ1) is 36.1. The summed E-state index contributed by atoms with van der Waals surface area (Å²) >= 11 is 0. The molecule has 14 rings (SSSR count). The van der Waals surface area contributed by atoms with E-state index in [2.05, 4.69) is 162 Å². The van der Waals surface area contributed by atoms with Gasteiger partial charge in [0, 0.05) is 44.3 Å². The number of rotatable bonds is 9. The normalized spacial score (nSPS) is 11.6. The maximum Gasteiger partial charge on any atom is 0.227 e. The van der Waals surface area contributed by atoms with E-state index >= 15 is 0 Å². The van der Waals surface area contributed by atoms with Crippen LogP contribution in [0.5, 0.6) is 0 Å². The minimum Gasteiger partial charge on any atom is -0.436 e. The molecular weight excluding hydrogens is 897 g/mol. The van der Waals surface area contributed by atoms with Crippen molar-refractivity contribution in [2.45, 2.75) is 0 Å². The summed E-state index contributed by atoms with van der Waals surface area (Å²) in [5.41, 5.74) is 17.2. The van der Waals surface area contributed by atoms with Crippen LogP contribution >= 0.6 is 0 Å². The Bertz CT molecular complexity index is 4130. The molecule has 0 saturated carbocycles. The Morgan fingerprint density at radius 1 is 0.260 bits per heavy atom. The van der Waals surface area contributed by atoms with Crippen molar-refractivity contribution >= 4 is 44.0 Å². The monoisotopic (exact) mass is 936 g/mol. The Kier molecular flexibility index (Phi) is 9.99. The van der Waals surface area contributed by atoms with Gasteiger partial charge in [-0.05, 0) is 112 Å². The first-order valence-corrected chi connectivity index (χ1v) is 24.2. The van der Waals surface area contributed by atoms with Gasteiger partial charge >= 0.3 is 0 Å². The lowest BCUT2D eigenvalue weighted by atomic mass is 10.0. The van der Waals surface area contributed by atoms with Gasteiger partial charge in [0.25, 0.3) is 0 Å². The fraction of sp³-hybridized carbons (Fsp3) is 0. The molecule has 0 fully saturated rings. The minimum atomic E-state index is 0.567. The lowest BCUT2D eigenvalue weighted by Gasteiger charge is -2.12. The topological polar surface area (TPSA) is 95.7 Å². The largest absolute Gasteiger partial charge is 0.436 e. The zero-order valence-corrected chi connectivity index (χ0v) is 39.1. The highest BCUT2D eigenvalue weighted by molar-refractivity contribution is 6.09. The first kappa shape index (κ1) is 41.9. The number of hydrogen-bond donors (Lipinski definition) is 0. The van der Waals surface area contributed by atoms with E-state index in [0.29, 0.717) is 29.3 Å². The number of nitrogens with zero attached hydrogens (tertiary/aromatic N) is 6. The Morgan fingerprint density at radius 2 is 0.644 bits per heavy atom. The third-order valence-electron chi connectivity index (χ3n) is 13.5. The van der Waals surface area contributed by atoms with Crippen molar-refractivity contribution in [1.29, 1.82) is 0 Å². The van der Waals surface area contributed by atoms with Gasteiger partial charge in [0.2, 0.25) is 11.8 Å². The predicted molar refractivity (Wildman–Crippen MR) is 293 cm³/mol. The maximum atomic E-state index is 6.23. The van der Waals surface area contributed by atoms with Crippen LogP contribution in [-0.2, 0) is 0 Å². The summed E-state index contributed by atoms with van der Waals surface area (Å²) in [7, 11) is 0. The van der Waals surface area contributed by atoms with E-state index in [1.54, 1.807) is 0 Å². The zero-order chi connectivity index (χ0) is 48.2. The maximum absolute atomic E-state index is 6.23. The molecule has 8 nitrogen and oxygen atoms in total. The number of hydrogen-bond acceptors (Lipinski definition) is 7. The molecule has 0 unspecified atom stereocenters. The Morgan fingerprint density at radius 3 is 1.16 bits per heavy atom. The van der Waals surface area contributed by atoms with E-state index < -0.39 is 0 Å². The average molecular weight is 937 g/mol. The molecule has 10 aromatic carbocycles. The Balaban J connectivity index is 0.829. The summed E-state index contributed by atoms with van der Waals surface area (Å²) in [6.45, 7) is 0. The summed E-state index contributed by atoms with van der Waals surface area (Å²) in [6.07, 6.45) is 0. The molecule has 4 aromatic heterocycles. The highest BCUT2D eigenvalue weighted by atomic mass is 16.4. The molecule has 14 aromatic rings. The molecule has 0 aliphatic rings. The molecule has 0 radical (unpaired) electrons. The van der Waals surface area contributed by atoms with Crippen LogP contribution in [0.15, 0.2) is 251 Å². The van der Waals surface area contributed by atoms with Crippen molar-refractivity contribution in [2.75, 3.05) is 0 Å². The van der Waals surface area contributed by atoms with Crippen LogP contribution < -0.4 is 0 Å². The van der Waals surface area contributed by atoms with E-state index in [1.807, 2.05) is 84.9 Å². The van der Waals surface area contributed by atoms with Crippen LogP contribution in [0.25, 0.3) is 140 Å². The fourth-order valence-electron chi connectivity index (χ4n) is 9.87. The minimum absolute atomic E-state index is 0.567. The highest BCUT2D eigenvalue weighted by Crippen LogP contribution is 2.36. The molecule has 0 spiro atoms. The van der Waals surface area contributed by atoms with Crippen molar-refractivity contribution in [3.63, 3.8) is 0 Å². The van der Waals surface area contributed by atoms with Gasteiger partial charge in [-0.15, -0.1) is 0 Å². The number of fused-ring (bicyclic) bond motifs is 5. The molecule has 8 heteroatoms. The second-order valence-electron chi connectivity index (χ2n) is 18.1. The number of para-hydroxylation sites is 2. The van der Waals surface area contributed by atoms with Gasteiger partial charge < -0.3 is 13.4 Å². The van der Waals surface area contributed by atoms with E-state index in [1.165, 1.54) is 21.8 Å². The Labute approximate surface area is 419 Å². The van der Waals surface area contributed by atoms with Gasteiger partial charge in [0.05, 0.1) is 11.0 Å². The predicted octanol–water partition coefficient (Wildman–Crippen LogP) is 16.6. The highest BCUT2D eigenvalue weighted by Gasteiger charge is 2.17.